The molecule has 110 valence electrons. The predicted octanol–water partition coefficient (Wildman–Crippen LogP) is 2.79. The van der Waals surface area contributed by atoms with Crippen LogP contribution in [0.3, 0.4) is 0 Å². The van der Waals surface area contributed by atoms with Crippen molar-refractivity contribution in [2.45, 2.75) is 19.8 Å². The van der Waals surface area contributed by atoms with Crippen molar-refractivity contribution >= 4 is 21.8 Å². The van der Waals surface area contributed by atoms with Crippen LogP contribution in [0.4, 0.5) is 0 Å². The van der Waals surface area contributed by atoms with Gasteiger partial charge in [-0.05, 0) is 43.5 Å². The van der Waals surface area contributed by atoms with E-state index in [0.29, 0.717) is 5.92 Å². The Morgan fingerprint density at radius 3 is 2.95 bits per heavy atom. The van der Waals surface area contributed by atoms with Crippen LogP contribution >= 0.6 is 15.9 Å². The molecule has 0 aromatic heterocycles. The minimum Gasteiger partial charge on any atom is -0.343 e. The standard InChI is InChI=1S/C16H23BrN2O/c1-13(20)19-9-7-15(12-19)11-18(2)8-6-14-4-3-5-16(17)10-14/h3-5,10,15H,6-9,11-12H2,1-2H3/t15-/m1/s1. The third kappa shape index (κ3) is 4.60. The number of rotatable bonds is 5. The number of benzene rings is 1. The maximum Gasteiger partial charge on any atom is 0.219 e. The summed E-state index contributed by atoms with van der Waals surface area (Å²) in [5.74, 6) is 0.843. The fourth-order valence-electron chi connectivity index (χ4n) is 2.81. The summed E-state index contributed by atoms with van der Waals surface area (Å²) in [6.07, 6.45) is 2.21. The van der Waals surface area contributed by atoms with Gasteiger partial charge in [-0.3, -0.25) is 4.79 Å². The fraction of sp³-hybridized carbons (Fsp3) is 0.562. The molecule has 4 heteroatoms. The summed E-state index contributed by atoms with van der Waals surface area (Å²) >= 11 is 3.51. The molecule has 0 saturated carbocycles. The van der Waals surface area contributed by atoms with Gasteiger partial charge in [0.05, 0.1) is 0 Å². The molecule has 20 heavy (non-hydrogen) atoms. The average molecular weight is 339 g/mol. The molecular formula is C16H23BrN2O. The first-order valence-corrected chi connectivity index (χ1v) is 8.02. The smallest absolute Gasteiger partial charge is 0.219 e. The number of halogens is 1. The first kappa shape index (κ1) is 15.5. The van der Waals surface area contributed by atoms with Crippen LogP contribution in [0.2, 0.25) is 0 Å². The van der Waals surface area contributed by atoms with Crippen LogP contribution in [-0.2, 0) is 11.2 Å². The second kappa shape index (κ2) is 7.23. The second-order valence-corrected chi connectivity index (χ2v) is 6.68. The third-order valence-corrected chi connectivity index (χ3v) is 4.47. The zero-order valence-electron chi connectivity index (χ0n) is 12.3. The number of hydrogen-bond donors (Lipinski definition) is 0. The summed E-state index contributed by atoms with van der Waals surface area (Å²) in [6.45, 7) is 5.67. The summed E-state index contributed by atoms with van der Waals surface area (Å²) in [5.41, 5.74) is 1.36. The number of carbonyl (C=O) groups is 1. The SMILES string of the molecule is CC(=O)N1CC[C@H](CN(C)CCc2cccc(Br)c2)C1. The van der Waals surface area contributed by atoms with Gasteiger partial charge in [0, 0.05) is 37.6 Å². The van der Waals surface area contributed by atoms with E-state index < -0.39 is 0 Å². The van der Waals surface area contributed by atoms with Crippen LogP contribution in [0.1, 0.15) is 18.9 Å². The molecule has 0 spiro atoms. The Bertz CT molecular complexity index is 464. The van der Waals surface area contributed by atoms with E-state index in [0.717, 1.165) is 43.5 Å². The van der Waals surface area contributed by atoms with E-state index in [1.165, 1.54) is 5.56 Å². The number of nitrogens with zero attached hydrogens (tertiary/aromatic N) is 2. The molecule has 0 unspecified atom stereocenters. The maximum atomic E-state index is 11.3. The van der Waals surface area contributed by atoms with Crippen molar-refractivity contribution in [1.82, 2.24) is 9.80 Å². The molecule has 1 saturated heterocycles. The summed E-state index contributed by atoms with van der Waals surface area (Å²) < 4.78 is 1.14. The Kier molecular flexibility index (Phi) is 5.61. The van der Waals surface area contributed by atoms with Crippen molar-refractivity contribution in [2.75, 3.05) is 33.2 Å². The monoisotopic (exact) mass is 338 g/mol. The van der Waals surface area contributed by atoms with Crippen molar-refractivity contribution in [3.8, 4) is 0 Å². The average Bonchev–Trinajstić information content (AvgIpc) is 2.85. The second-order valence-electron chi connectivity index (χ2n) is 5.76. The predicted molar refractivity (Wildman–Crippen MR) is 85.7 cm³/mol. The molecule has 1 fully saturated rings. The van der Waals surface area contributed by atoms with Crippen molar-refractivity contribution in [3.05, 3.63) is 34.3 Å². The molecule has 1 aromatic carbocycles. The molecule has 0 radical (unpaired) electrons. The number of amides is 1. The van der Waals surface area contributed by atoms with Crippen LogP contribution in [0.5, 0.6) is 0 Å². The van der Waals surface area contributed by atoms with E-state index in [1.807, 2.05) is 4.90 Å². The Labute approximate surface area is 130 Å². The number of likely N-dealkylation sites (N-methyl/N-ethyl adjacent to an activating group) is 1. The lowest BCUT2D eigenvalue weighted by Crippen LogP contribution is -2.31. The maximum absolute atomic E-state index is 11.3. The van der Waals surface area contributed by atoms with E-state index in [1.54, 1.807) is 6.92 Å². The lowest BCUT2D eigenvalue weighted by molar-refractivity contribution is -0.127. The first-order valence-electron chi connectivity index (χ1n) is 7.23. The Hall–Kier alpha value is -0.870. The molecule has 1 aromatic rings. The molecule has 0 bridgehead atoms. The van der Waals surface area contributed by atoms with Gasteiger partial charge in [0.15, 0.2) is 0 Å². The van der Waals surface area contributed by atoms with Crippen molar-refractivity contribution in [2.24, 2.45) is 5.92 Å². The molecule has 2 rings (SSSR count). The summed E-state index contributed by atoms with van der Waals surface area (Å²) in [5, 5.41) is 0. The van der Waals surface area contributed by atoms with E-state index in [-0.39, 0.29) is 5.91 Å². The van der Waals surface area contributed by atoms with Gasteiger partial charge in [-0.15, -0.1) is 0 Å². The summed E-state index contributed by atoms with van der Waals surface area (Å²) in [7, 11) is 2.18. The van der Waals surface area contributed by atoms with E-state index in [9.17, 15) is 4.79 Å². The molecule has 0 aliphatic carbocycles. The van der Waals surface area contributed by atoms with Crippen LogP contribution in [-0.4, -0.2) is 48.9 Å². The first-order chi connectivity index (χ1) is 9.54. The van der Waals surface area contributed by atoms with Gasteiger partial charge in [0.25, 0.3) is 0 Å². The summed E-state index contributed by atoms with van der Waals surface area (Å²) in [4.78, 5) is 15.7. The number of hydrogen-bond acceptors (Lipinski definition) is 2. The largest absolute Gasteiger partial charge is 0.343 e. The molecule has 3 nitrogen and oxygen atoms in total. The minimum atomic E-state index is 0.212. The van der Waals surface area contributed by atoms with Crippen molar-refractivity contribution in [1.29, 1.82) is 0 Å². The minimum absolute atomic E-state index is 0.212. The van der Waals surface area contributed by atoms with Crippen molar-refractivity contribution in [3.63, 3.8) is 0 Å². The van der Waals surface area contributed by atoms with Crippen LogP contribution < -0.4 is 0 Å². The van der Waals surface area contributed by atoms with Gasteiger partial charge in [-0.2, -0.15) is 0 Å². The number of carbonyl (C=O) groups excluding carboxylic acids is 1. The van der Waals surface area contributed by atoms with E-state index >= 15 is 0 Å². The fourth-order valence-corrected chi connectivity index (χ4v) is 3.26. The zero-order valence-corrected chi connectivity index (χ0v) is 13.9. The van der Waals surface area contributed by atoms with Crippen LogP contribution in [0.15, 0.2) is 28.7 Å². The van der Waals surface area contributed by atoms with Gasteiger partial charge >= 0.3 is 0 Å². The Balaban J connectivity index is 1.73. The van der Waals surface area contributed by atoms with Crippen LogP contribution in [0, 0.1) is 5.92 Å². The third-order valence-electron chi connectivity index (χ3n) is 3.97. The zero-order chi connectivity index (χ0) is 14.5. The Morgan fingerprint density at radius 2 is 2.30 bits per heavy atom. The normalized spacial score (nSPS) is 18.8. The highest BCUT2D eigenvalue weighted by Crippen LogP contribution is 2.17. The number of likely N-dealkylation sites (tertiary alicyclic amines) is 1. The highest BCUT2D eigenvalue weighted by atomic mass is 79.9. The molecule has 1 aliphatic heterocycles. The molecule has 1 heterocycles. The Morgan fingerprint density at radius 1 is 1.50 bits per heavy atom. The highest BCUT2D eigenvalue weighted by Gasteiger charge is 2.24. The van der Waals surface area contributed by atoms with E-state index in [4.69, 9.17) is 0 Å². The van der Waals surface area contributed by atoms with Gasteiger partial charge in [0.2, 0.25) is 5.91 Å². The van der Waals surface area contributed by atoms with Gasteiger partial charge in [-0.25, -0.2) is 0 Å². The van der Waals surface area contributed by atoms with Gasteiger partial charge in [-0.1, -0.05) is 28.1 Å². The van der Waals surface area contributed by atoms with Crippen molar-refractivity contribution < 1.29 is 4.79 Å². The highest BCUT2D eigenvalue weighted by molar-refractivity contribution is 9.10. The van der Waals surface area contributed by atoms with Gasteiger partial charge < -0.3 is 9.80 Å². The van der Waals surface area contributed by atoms with E-state index in [2.05, 4.69) is 52.1 Å². The lowest BCUT2D eigenvalue weighted by atomic mass is 10.1. The molecule has 1 atom stereocenters. The molecule has 0 N–H and O–H groups in total. The topological polar surface area (TPSA) is 23.6 Å². The molecular weight excluding hydrogens is 316 g/mol. The summed E-state index contributed by atoms with van der Waals surface area (Å²) in [6, 6.07) is 8.50. The van der Waals surface area contributed by atoms with Gasteiger partial charge in [0.1, 0.15) is 0 Å². The lowest BCUT2D eigenvalue weighted by Gasteiger charge is -2.21. The van der Waals surface area contributed by atoms with Crippen LogP contribution in [0.25, 0.3) is 0 Å². The quantitative estimate of drug-likeness (QED) is 0.824. The molecule has 1 aliphatic rings. The molecule has 1 amide bonds.